The van der Waals surface area contributed by atoms with Crippen molar-refractivity contribution >= 4 is 10.0 Å². The predicted octanol–water partition coefficient (Wildman–Crippen LogP) is 0.938. The minimum atomic E-state index is -3.67. The van der Waals surface area contributed by atoms with Crippen LogP contribution < -0.4 is 4.72 Å². The molecule has 1 atom stereocenters. The summed E-state index contributed by atoms with van der Waals surface area (Å²) in [4.78, 5) is 2.26. The number of aliphatic hydroxyl groups is 1. The van der Waals surface area contributed by atoms with Crippen molar-refractivity contribution in [2.24, 2.45) is 5.92 Å². The van der Waals surface area contributed by atoms with E-state index in [4.69, 9.17) is 5.11 Å². The van der Waals surface area contributed by atoms with Crippen molar-refractivity contribution in [3.8, 4) is 0 Å². The van der Waals surface area contributed by atoms with Gasteiger partial charge in [0.15, 0.2) is 0 Å². The first-order chi connectivity index (χ1) is 9.96. The molecular weight excluding hydrogens is 295 g/mol. The molecule has 0 bridgehead atoms. The molecule has 0 aliphatic carbocycles. The Kier molecular flexibility index (Phi) is 5.32. The first-order valence-corrected chi connectivity index (χ1v) is 8.56. The van der Waals surface area contributed by atoms with E-state index < -0.39 is 22.4 Å². The van der Waals surface area contributed by atoms with Gasteiger partial charge >= 0.3 is 0 Å². The van der Waals surface area contributed by atoms with Crippen LogP contribution in [0.3, 0.4) is 0 Å². The number of likely N-dealkylation sites (tertiary alicyclic amines) is 1. The zero-order chi connectivity index (χ0) is 15.5. The van der Waals surface area contributed by atoms with Crippen LogP contribution in [0.15, 0.2) is 23.1 Å². The van der Waals surface area contributed by atoms with Gasteiger partial charge in [-0.1, -0.05) is 6.92 Å². The molecule has 1 fully saturated rings. The molecule has 0 spiro atoms. The average Bonchev–Trinajstić information content (AvgIpc) is 2.93. The predicted molar refractivity (Wildman–Crippen MR) is 77.7 cm³/mol. The molecule has 1 aliphatic rings. The summed E-state index contributed by atoms with van der Waals surface area (Å²) in [6.07, 6.45) is 0.974. The van der Waals surface area contributed by atoms with Crippen LogP contribution in [0.25, 0.3) is 0 Å². The van der Waals surface area contributed by atoms with Crippen molar-refractivity contribution < 1.29 is 17.9 Å². The molecule has 1 unspecified atom stereocenters. The Balaban J connectivity index is 2.02. The van der Waals surface area contributed by atoms with Crippen LogP contribution in [0, 0.1) is 11.7 Å². The molecule has 0 amide bonds. The van der Waals surface area contributed by atoms with Gasteiger partial charge in [0.25, 0.3) is 0 Å². The molecule has 7 heteroatoms. The van der Waals surface area contributed by atoms with Crippen molar-refractivity contribution in [1.29, 1.82) is 0 Å². The molecule has 5 nitrogen and oxygen atoms in total. The lowest BCUT2D eigenvalue weighted by Crippen LogP contribution is -2.31. The number of nitrogens with zero attached hydrogens (tertiary/aromatic N) is 1. The number of rotatable bonds is 6. The SMILES string of the molecule is CCN1CCC(CNS(=O)(=O)c2ccc(F)c(CO)c2)C1. The van der Waals surface area contributed by atoms with Gasteiger partial charge in [0.05, 0.1) is 11.5 Å². The second-order valence-corrected chi connectivity index (χ2v) is 7.08. The van der Waals surface area contributed by atoms with Crippen LogP contribution >= 0.6 is 0 Å². The van der Waals surface area contributed by atoms with E-state index in [0.29, 0.717) is 12.5 Å². The maximum absolute atomic E-state index is 13.3. The summed E-state index contributed by atoms with van der Waals surface area (Å²) in [5.41, 5.74) is -0.0177. The lowest BCUT2D eigenvalue weighted by molar-refractivity contribution is 0.275. The minimum absolute atomic E-state index is 0.0155. The Hall–Kier alpha value is -1.02. The summed E-state index contributed by atoms with van der Waals surface area (Å²) in [6, 6.07) is 3.45. The normalized spacial score (nSPS) is 20.0. The van der Waals surface area contributed by atoms with E-state index in [1.165, 1.54) is 12.1 Å². The smallest absolute Gasteiger partial charge is 0.240 e. The van der Waals surface area contributed by atoms with Crippen LogP contribution in [0.5, 0.6) is 0 Å². The van der Waals surface area contributed by atoms with E-state index >= 15 is 0 Å². The molecule has 21 heavy (non-hydrogen) atoms. The average molecular weight is 316 g/mol. The van der Waals surface area contributed by atoms with Crippen molar-refractivity contribution in [1.82, 2.24) is 9.62 Å². The maximum Gasteiger partial charge on any atom is 0.240 e. The standard InChI is InChI=1S/C14H21FN2O3S/c1-2-17-6-5-11(9-17)8-16-21(19,20)13-3-4-14(15)12(7-13)10-18/h3-4,7,11,16,18H,2,5-6,8-10H2,1H3. The number of hydrogen-bond acceptors (Lipinski definition) is 4. The number of aliphatic hydroxyl groups excluding tert-OH is 1. The van der Waals surface area contributed by atoms with Gasteiger partial charge < -0.3 is 10.0 Å². The van der Waals surface area contributed by atoms with Gasteiger partial charge in [0.2, 0.25) is 10.0 Å². The van der Waals surface area contributed by atoms with Crippen molar-refractivity contribution in [3.05, 3.63) is 29.6 Å². The van der Waals surface area contributed by atoms with E-state index in [-0.39, 0.29) is 10.5 Å². The van der Waals surface area contributed by atoms with E-state index in [1.54, 1.807) is 0 Å². The quantitative estimate of drug-likeness (QED) is 0.819. The highest BCUT2D eigenvalue weighted by molar-refractivity contribution is 7.89. The fourth-order valence-electron chi connectivity index (χ4n) is 2.52. The third-order valence-electron chi connectivity index (χ3n) is 3.88. The summed E-state index contributed by atoms with van der Waals surface area (Å²) in [6.45, 7) is 4.80. The molecule has 1 saturated heterocycles. The van der Waals surface area contributed by atoms with Crippen LogP contribution in [0.1, 0.15) is 18.9 Å². The Bertz CT molecular complexity index is 592. The molecule has 1 aromatic carbocycles. The van der Waals surface area contributed by atoms with E-state index in [9.17, 15) is 12.8 Å². The number of benzene rings is 1. The second-order valence-electron chi connectivity index (χ2n) is 5.31. The topological polar surface area (TPSA) is 69.6 Å². The molecule has 1 aromatic rings. The summed E-state index contributed by atoms with van der Waals surface area (Å²) in [5.74, 6) is -0.302. The summed E-state index contributed by atoms with van der Waals surface area (Å²) in [7, 11) is -3.67. The lowest BCUT2D eigenvalue weighted by atomic mass is 10.1. The first-order valence-electron chi connectivity index (χ1n) is 7.07. The zero-order valence-electron chi connectivity index (χ0n) is 12.0. The molecule has 2 N–H and O–H groups in total. The van der Waals surface area contributed by atoms with E-state index in [1.807, 2.05) is 0 Å². The fourth-order valence-corrected chi connectivity index (χ4v) is 3.68. The highest BCUT2D eigenvalue weighted by Crippen LogP contribution is 2.18. The Morgan fingerprint density at radius 1 is 1.48 bits per heavy atom. The molecule has 118 valence electrons. The molecule has 1 aliphatic heterocycles. The number of halogens is 1. The highest BCUT2D eigenvalue weighted by atomic mass is 32.2. The third kappa shape index (κ3) is 4.00. The van der Waals surface area contributed by atoms with Gasteiger partial charge in [-0.05, 0) is 43.6 Å². The van der Waals surface area contributed by atoms with E-state index in [0.717, 1.165) is 32.1 Å². The maximum atomic E-state index is 13.3. The van der Waals surface area contributed by atoms with Crippen LogP contribution in [0.2, 0.25) is 0 Å². The van der Waals surface area contributed by atoms with Gasteiger partial charge in [0.1, 0.15) is 5.82 Å². The van der Waals surface area contributed by atoms with Gasteiger partial charge in [-0.3, -0.25) is 0 Å². The number of hydrogen-bond donors (Lipinski definition) is 2. The highest BCUT2D eigenvalue weighted by Gasteiger charge is 2.23. The summed E-state index contributed by atoms with van der Waals surface area (Å²) in [5, 5.41) is 9.01. The molecule has 2 rings (SSSR count). The lowest BCUT2D eigenvalue weighted by Gasteiger charge is -2.14. The summed E-state index contributed by atoms with van der Waals surface area (Å²) >= 11 is 0. The van der Waals surface area contributed by atoms with Crippen molar-refractivity contribution in [2.75, 3.05) is 26.2 Å². The van der Waals surface area contributed by atoms with Gasteiger partial charge in [-0.15, -0.1) is 0 Å². The van der Waals surface area contributed by atoms with Crippen LogP contribution in [-0.4, -0.2) is 44.6 Å². The molecule has 0 radical (unpaired) electrons. The van der Waals surface area contributed by atoms with Gasteiger partial charge in [-0.2, -0.15) is 0 Å². The second kappa shape index (κ2) is 6.83. The zero-order valence-corrected chi connectivity index (χ0v) is 12.9. The van der Waals surface area contributed by atoms with Crippen molar-refractivity contribution in [2.45, 2.75) is 24.8 Å². The Morgan fingerprint density at radius 3 is 2.86 bits per heavy atom. The minimum Gasteiger partial charge on any atom is -0.392 e. The van der Waals surface area contributed by atoms with E-state index in [2.05, 4.69) is 16.5 Å². The summed E-state index contributed by atoms with van der Waals surface area (Å²) < 4.78 is 40.2. The third-order valence-corrected chi connectivity index (χ3v) is 5.30. The monoisotopic (exact) mass is 316 g/mol. The number of sulfonamides is 1. The van der Waals surface area contributed by atoms with Gasteiger partial charge in [-0.25, -0.2) is 17.5 Å². The van der Waals surface area contributed by atoms with Crippen molar-refractivity contribution in [3.63, 3.8) is 0 Å². The largest absolute Gasteiger partial charge is 0.392 e. The number of nitrogens with one attached hydrogen (secondary N) is 1. The van der Waals surface area contributed by atoms with Crippen LogP contribution in [0.4, 0.5) is 4.39 Å². The molecule has 0 aromatic heterocycles. The fraction of sp³-hybridized carbons (Fsp3) is 0.571. The molecular formula is C14H21FN2O3S. The van der Waals surface area contributed by atoms with Gasteiger partial charge in [0, 0.05) is 18.7 Å². The Morgan fingerprint density at radius 2 is 2.24 bits per heavy atom. The van der Waals surface area contributed by atoms with Crippen LogP contribution in [-0.2, 0) is 16.6 Å². The molecule has 0 saturated carbocycles. The first kappa shape index (κ1) is 16.4. The molecule has 1 heterocycles. The Labute approximate surface area is 124 Å².